The van der Waals surface area contributed by atoms with E-state index in [1.807, 2.05) is 0 Å². The van der Waals surface area contributed by atoms with Gasteiger partial charge in [0.25, 0.3) is 0 Å². The lowest BCUT2D eigenvalue weighted by Gasteiger charge is -2.19. The summed E-state index contributed by atoms with van der Waals surface area (Å²) in [4.78, 5) is 0. The van der Waals surface area contributed by atoms with Crippen molar-refractivity contribution >= 4 is 11.5 Å². The van der Waals surface area contributed by atoms with Gasteiger partial charge in [0.05, 0.1) is 5.69 Å². The lowest BCUT2D eigenvalue weighted by atomic mass is 9.96. The summed E-state index contributed by atoms with van der Waals surface area (Å²) in [6, 6.07) is 0. The molecule has 0 bridgehead atoms. The van der Waals surface area contributed by atoms with Gasteiger partial charge in [-0.15, -0.1) is 5.10 Å². The van der Waals surface area contributed by atoms with Gasteiger partial charge >= 0.3 is 0 Å². The van der Waals surface area contributed by atoms with Crippen LogP contribution >= 0.6 is 11.5 Å². The largest absolute Gasteiger partial charge is 0.317 e. The van der Waals surface area contributed by atoms with Gasteiger partial charge < -0.3 is 5.32 Å². The first-order valence-electron chi connectivity index (χ1n) is 3.94. The first kappa shape index (κ1) is 7.18. The SMILES string of the molecule is c1snnc1C1CCNCC1. The summed E-state index contributed by atoms with van der Waals surface area (Å²) in [7, 11) is 0. The Labute approximate surface area is 70.0 Å². The molecule has 0 saturated carbocycles. The van der Waals surface area contributed by atoms with E-state index in [1.54, 1.807) is 0 Å². The molecule has 3 nitrogen and oxygen atoms in total. The van der Waals surface area contributed by atoms with E-state index in [-0.39, 0.29) is 0 Å². The first-order chi connectivity index (χ1) is 5.47. The van der Waals surface area contributed by atoms with Crippen LogP contribution in [0.4, 0.5) is 0 Å². The van der Waals surface area contributed by atoms with Crippen molar-refractivity contribution in [1.82, 2.24) is 14.9 Å². The second-order valence-electron chi connectivity index (χ2n) is 2.85. The first-order valence-corrected chi connectivity index (χ1v) is 4.78. The quantitative estimate of drug-likeness (QED) is 0.681. The van der Waals surface area contributed by atoms with Gasteiger partial charge in [0, 0.05) is 11.3 Å². The summed E-state index contributed by atoms with van der Waals surface area (Å²) in [6.07, 6.45) is 2.43. The standard InChI is InChI=1S/C7H11N3S/c1-3-8-4-2-6(1)7-5-11-10-9-7/h5-6,8H,1-4H2. The van der Waals surface area contributed by atoms with Crippen LogP contribution in [0.1, 0.15) is 24.5 Å². The highest BCUT2D eigenvalue weighted by molar-refractivity contribution is 7.03. The maximum Gasteiger partial charge on any atom is 0.0787 e. The van der Waals surface area contributed by atoms with Crippen LogP contribution in [0.5, 0.6) is 0 Å². The van der Waals surface area contributed by atoms with E-state index in [9.17, 15) is 0 Å². The highest BCUT2D eigenvalue weighted by Gasteiger charge is 2.16. The number of nitrogens with zero attached hydrogens (tertiary/aromatic N) is 2. The molecule has 1 aromatic heterocycles. The van der Waals surface area contributed by atoms with Crippen molar-refractivity contribution in [2.24, 2.45) is 0 Å². The van der Waals surface area contributed by atoms with Gasteiger partial charge in [-0.05, 0) is 37.5 Å². The summed E-state index contributed by atoms with van der Waals surface area (Å²) < 4.78 is 3.87. The minimum Gasteiger partial charge on any atom is -0.317 e. The minimum atomic E-state index is 0.662. The number of hydrogen-bond acceptors (Lipinski definition) is 4. The molecule has 2 rings (SSSR count). The topological polar surface area (TPSA) is 37.8 Å². The normalized spacial score (nSPS) is 20.4. The number of piperidine rings is 1. The Morgan fingerprint density at radius 3 is 2.91 bits per heavy atom. The van der Waals surface area contributed by atoms with Gasteiger partial charge in [0.2, 0.25) is 0 Å². The molecule has 60 valence electrons. The molecule has 0 atom stereocenters. The molecule has 0 aromatic carbocycles. The van der Waals surface area contributed by atoms with Crippen molar-refractivity contribution in [3.8, 4) is 0 Å². The fourth-order valence-electron chi connectivity index (χ4n) is 1.47. The molecule has 0 amide bonds. The molecule has 1 saturated heterocycles. The maximum atomic E-state index is 4.08. The highest BCUT2D eigenvalue weighted by atomic mass is 32.1. The zero-order chi connectivity index (χ0) is 7.52. The number of nitrogens with one attached hydrogen (secondary N) is 1. The molecule has 0 unspecified atom stereocenters. The Bertz CT molecular complexity index is 203. The third kappa shape index (κ3) is 1.57. The lowest BCUT2D eigenvalue weighted by molar-refractivity contribution is 0.453. The molecular formula is C7H11N3S. The van der Waals surface area contributed by atoms with Crippen LogP contribution in [0, 0.1) is 0 Å². The molecule has 2 heterocycles. The summed E-state index contributed by atoms with van der Waals surface area (Å²) >= 11 is 1.45. The van der Waals surface area contributed by atoms with E-state index >= 15 is 0 Å². The molecule has 0 spiro atoms. The van der Waals surface area contributed by atoms with E-state index in [1.165, 1.54) is 30.1 Å². The fourth-order valence-corrected chi connectivity index (χ4v) is 2.00. The van der Waals surface area contributed by atoms with Gasteiger partial charge in [-0.1, -0.05) is 4.49 Å². The van der Waals surface area contributed by atoms with Crippen LogP contribution < -0.4 is 5.32 Å². The Hall–Kier alpha value is -0.480. The van der Waals surface area contributed by atoms with Crippen LogP contribution in [0.15, 0.2) is 5.38 Å². The third-order valence-electron chi connectivity index (χ3n) is 2.13. The van der Waals surface area contributed by atoms with E-state index in [4.69, 9.17) is 0 Å². The molecule has 0 aliphatic carbocycles. The monoisotopic (exact) mass is 169 g/mol. The van der Waals surface area contributed by atoms with Crippen LogP contribution in [-0.4, -0.2) is 22.7 Å². The number of hydrogen-bond donors (Lipinski definition) is 1. The molecule has 1 fully saturated rings. The van der Waals surface area contributed by atoms with E-state index in [2.05, 4.69) is 20.3 Å². The van der Waals surface area contributed by atoms with Gasteiger partial charge in [0.1, 0.15) is 0 Å². The number of aromatic nitrogens is 2. The maximum absolute atomic E-state index is 4.08. The zero-order valence-corrected chi connectivity index (χ0v) is 7.10. The smallest absolute Gasteiger partial charge is 0.0787 e. The van der Waals surface area contributed by atoms with Crippen molar-refractivity contribution in [2.75, 3.05) is 13.1 Å². The van der Waals surface area contributed by atoms with Crippen molar-refractivity contribution in [3.63, 3.8) is 0 Å². The molecule has 1 aromatic rings. The van der Waals surface area contributed by atoms with Crippen LogP contribution in [0.3, 0.4) is 0 Å². The van der Waals surface area contributed by atoms with Crippen LogP contribution in [-0.2, 0) is 0 Å². The van der Waals surface area contributed by atoms with Gasteiger partial charge in [-0.2, -0.15) is 0 Å². The Kier molecular flexibility index (Phi) is 2.14. The summed E-state index contributed by atoms with van der Waals surface area (Å²) in [6.45, 7) is 2.25. The van der Waals surface area contributed by atoms with Crippen molar-refractivity contribution in [3.05, 3.63) is 11.1 Å². The molecule has 1 aliphatic heterocycles. The second kappa shape index (κ2) is 3.28. The Morgan fingerprint density at radius 2 is 2.27 bits per heavy atom. The second-order valence-corrected chi connectivity index (χ2v) is 3.46. The van der Waals surface area contributed by atoms with E-state index in [0.29, 0.717) is 5.92 Å². The summed E-state index contributed by atoms with van der Waals surface area (Å²) in [5.74, 6) is 0.662. The van der Waals surface area contributed by atoms with Gasteiger partial charge in [-0.3, -0.25) is 0 Å². The predicted octanol–water partition coefficient (Wildman–Crippen LogP) is 1.01. The fraction of sp³-hybridized carbons (Fsp3) is 0.714. The average molecular weight is 169 g/mol. The molecule has 4 heteroatoms. The summed E-state index contributed by atoms with van der Waals surface area (Å²) in [5, 5.41) is 9.48. The molecule has 1 N–H and O–H groups in total. The van der Waals surface area contributed by atoms with E-state index < -0.39 is 0 Å². The van der Waals surface area contributed by atoms with Crippen molar-refractivity contribution in [2.45, 2.75) is 18.8 Å². The van der Waals surface area contributed by atoms with Gasteiger partial charge in [0.15, 0.2) is 0 Å². The zero-order valence-electron chi connectivity index (χ0n) is 6.29. The third-order valence-corrected chi connectivity index (χ3v) is 2.66. The molecular weight excluding hydrogens is 158 g/mol. The van der Waals surface area contributed by atoms with Crippen molar-refractivity contribution < 1.29 is 0 Å². The highest BCUT2D eigenvalue weighted by Crippen LogP contribution is 2.23. The molecule has 0 radical (unpaired) electrons. The average Bonchev–Trinajstić information content (AvgIpc) is 2.58. The molecule has 1 aliphatic rings. The van der Waals surface area contributed by atoms with E-state index in [0.717, 1.165) is 13.1 Å². The van der Waals surface area contributed by atoms with Crippen LogP contribution in [0.2, 0.25) is 0 Å². The van der Waals surface area contributed by atoms with Crippen LogP contribution in [0.25, 0.3) is 0 Å². The predicted molar refractivity (Wildman–Crippen MR) is 44.8 cm³/mol. The Morgan fingerprint density at radius 1 is 1.45 bits per heavy atom. The molecule has 11 heavy (non-hydrogen) atoms. The van der Waals surface area contributed by atoms with Gasteiger partial charge in [-0.25, -0.2) is 0 Å². The lowest BCUT2D eigenvalue weighted by Crippen LogP contribution is -2.26. The van der Waals surface area contributed by atoms with Crippen molar-refractivity contribution in [1.29, 1.82) is 0 Å². The number of rotatable bonds is 1. The Balaban J connectivity index is 2.04. The minimum absolute atomic E-state index is 0.662. The summed E-state index contributed by atoms with van der Waals surface area (Å²) in [5.41, 5.74) is 1.19.